The normalized spacial score (nSPS) is 26.2. The number of benzene rings is 2. The molecular formula is C32H35FN4O3. The molecule has 0 unspecified atom stereocenters. The van der Waals surface area contributed by atoms with Gasteiger partial charge in [-0.1, -0.05) is 54.6 Å². The molecule has 3 N–H and O–H groups in total. The number of aromatic nitrogens is 1. The third-order valence-corrected chi connectivity index (χ3v) is 8.68. The maximum Gasteiger partial charge on any atom is 0.410 e. The first-order valence-electron chi connectivity index (χ1n) is 14.2. The molecule has 3 aliphatic rings. The minimum atomic E-state index is -0.829. The van der Waals surface area contributed by atoms with Crippen LogP contribution in [0.25, 0.3) is 22.4 Å². The summed E-state index contributed by atoms with van der Waals surface area (Å²) >= 11 is 0. The van der Waals surface area contributed by atoms with Gasteiger partial charge < -0.3 is 20.7 Å². The fourth-order valence-corrected chi connectivity index (χ4v) is 6.40. The Morgan fingerprint density at radius 3 is 2.42 bits per heavy atom. The molecule has 1 aliphatic heterocycles. The number of pyridine rings is 1. The van der Waals surface area contributed by atoms with Crippen LogP contribution >= 0.6 is 0 Å². The molecule has 1 aromatic heterocycles. The molecule has 8 heteroatoms. The number of carbonyl (C=O) groups excluding carboxylic acids is 2. The summed E-state index contributed by atoms with van der Waals surface area (Å²) < 4.78 is 18.6. The molecule has 208 valence electrons. The van der Waals surface area contributed by atoms with Gasteiger partial charge in [-0.15, -0.1) is 0 Å². The van der Waals surface area contributed by atoms with E-state index < -0.39 is 11.7 Å². The van der Waals surface area contributed by atoms with Crippen molar-refractivity contribution in [3.8, 4) is 22.4 Å². The number of rotatable bonds is 7. The largest absolute Gasteiger partial charge is 0.448 e. The molecule has 3 fully saturated rings. The Bertz CT molecular complexity index is 1370. The molecule has 2 aliphatic carbocycles. The lowest BCUT2D eigenvalue weighted by atomic mass is 9.71. The predicted molar refractivity (Wildman–Crippen MR) is 152 cm³/mol. The van der Waals surface area contributed by atoms with Gasteiger partial charge in [0.15, 0.2) is 0 Å². The van der Waals surface area contributed by atoms with Gasteiger partial charge >= 0.3 is 6.09 Å². The molecule has 3 aromatic rings. The Morgan fingerprint density at radius 2 is 1.77 bits per heavy atom. The molecular weight excluding hydrogens is 507 g/mol. The summed E-state index contributed by atoms with van der Waals surface area (Å²) in [5.41, 5.74) is 11.0. The van der Waals surface area contributed by atoms with Crippen molar-refractivity contribution in [2.45, 2.75) is 62.7 Å². The van der Waals surface area contributed by atoms with Crippen molar-refractivity contribution in [3.63, 3.8) is 0 Å². The highest BCUT2D eigenvalue weighted by Crippen LogP contribution is 2.42. The fourth-order valence-electron chi connectivity index (χ4n) is 6.40. The van der Waals surface area contributed by atoms with Crippen LogP contribution in [0, 0.1) is 5.92 Å². The number of hydrogen-bond acceptors (Lipinski definition) is 5. The van der Waals surface area contributed by atoms with E-state index in [4.69, 9.17) is 15.5 Å². The summed E-state index contributed by atoms with van der Waals surface area (Å²) in [6, 6.07) is 20.1. The van der Waals surface area contributed by atoms with E-state index in [1.165, 1.54) is 0 Å². The third-order valence-electron chi connectivity index (χ3n) is 8.68. The maximum atomic E-state index is 13.5. The molecule has 2 heterocycles. The average molecular weight is 543 g/mol. The molecule has 0 radical (unpaired) electrons. The van der Waals surface area contributed by atoms with E-state index in [9.17, 15) is 14.0 Å². The molecule has 0 bridgehead atoms. The number of halogens is 1. The van der Waals surface area contributed by atoms with Crippen LogP contribution in [0.15, 0.2) is 66.9 Å². The molecule has 40 heavy (non-hydrogen) atoms. The highest BCUT2D eigenvalue weighted by Gasteiger charge is 2.42. The van der Waals surface area contributed by atoms with Crippen LogP contribution in [-0.4, -0.2) is 47.2 Å². The minimum Gasteiger partial charge on any atom is -0.448 e. The Hall–Kier alpha value is -3.78. The van der Waals surface area contributed by atoms with Gasteiger partial charge in [0.05, 0.1) is 24.1 Å². The summed E-state index contributed by atoms with van der Waals surface area (Å²) in [5, 5.41) is 3.06. The van der Waals surface area contributed by atoms with Crippen molar-refractivity contribution < 1.29 is 18.7 Å². The van der Waals surface area contributed by atoms with Gasteiger partial charge in [0.2, 0.25) is 5.91 Å². The Morgan fingerprint density at radius 1 is 1.05 bits per heavy atom. The first kappa shape index (κ1) is 26.4. The van der Waals surface area contributed by atoms with Gasteiger partial charge in [-0.2, -0.15) is 0 Å². The molecule has 6 rings (SSSR count). The van der Waals surface area contributed by atoms with Crippen LogP contribution in [0.5, 0.6) is 0 Å². The summed E-state index contributed by atoms with van der Waals surface area (Å²) in [5.74, 6) is 0.269. The van der Waals surface area contributed by atoms with E-state index >= 15 is 0 Å². The monoisotopic (exact) mass is 542 g/mol. The lowest BCUT2D eigenvalue weighted by Crippen LogP contribution is -2.50. The van der Waals surface area contributed by atoms with Crippen molar-refractivity contribution in [2.24, 2.45) is 11.7 Å². The average Bonchev–Trinajstić information content (AvgIpc) is 3.39. The quantitative estimate of drug-likeness (QED) is 0.379. The van der Waals surface area contributed by atoms with E-state index in [2.05, 4.69) is 5.32 Å². The highest BCUT2D eigenvalue weighted by atomic mass is 19.1. The van der Waals surface area contributed by atoms with Crippen LogP contribution in [0.3, 0.4) is 0 Å². The van der Waals surface area contributed by atoms with Crippen molar-refractivity contribution in [3.05, 3.63) is 72.4 Å². The summed E-state index contributed by atoms with van der Waals surface area (Å²) in [6.07, 6.45) is 5.45. The fraction of sp³-hybridized carbons (Fsp3) is 0.406. The predicted octanol–water partition coefficient (Wildman–Crippen LogP) is 6.04. The second kappa shape index (κ2) is 11.0. The minimum absolute atomic E-state index is 0.0261. The number of nitrogens with two attached hydrogens (primary N) is 1. The van der Waals surface area contributed by atoms with E-state index in [1.807, 2.05) is 65.6 Å². The maximum absolute atomic E-state index is 13.5. The third kappa shape index (κ3) is 5.45. The topological polar surface area (TPSA) is 97.5 Å². The zero-order valence-corrected chi connectivity index (χ0v) is 22.5. The Labute approximate surface area is 233 Å². The lowest BCUT2D eigenvalue weighted by molar-refractivity contribution is -0.117. The van der Waals surface area contributed by atoms with E-state index in [0.29, 0.717) is 44.0 Å². The van der Waals surface area contributed by atoms with Gasteiger partial charge in [0.25, 0.3) is 0 Å². The standard InChI is InChI=1S/C32H35FN4O3/c33-25-18-32(34,19-25)24-10-8-23(9-11-24)30-28(22-4-2-1-3-5-22)17-26(20-35-30)36-29(38)16-21-6-12-27(13-7-21)37-14-15-40-31(37)39/h1-5,8-11,17,20-21,25,27H,6-7,12-16,18-19,34H2,(H,36,38)/t21-,25?,27-,32?. The van der Waals surface area contributed by atoms with Crippen LogP contribution in [0.1, 0.15) is 50.5 Å². The number of anilines is 1. The van der Waals surface area contributed by atoms with Gasteiger partial charge in [-0.3, -0.25) is 9.78 Å². The van der Waals surface area contributed by atoms with Crippen LogP contribution in [0.2, 0.25) is 0 Å². The number of ether oxygens (including phenoxy) is 1. The van der Waals surface area contributed by atoms with Crippen molar-refractivity contribution in [2.75, 3.05) is 18.5 Å². The van der Waals surface area contributed by atoms with Crippen LogP contribution < -0.4 is 11.1 Å². The molecule has 7 nitrogen and oxygen atoms in total. The van der Waals surface area contributed by atoms with Gasteiger partial charge in [0, 0.05) is 42.0 Å². The number of nitrogens with zero attached hydrogens (tertiary/aromatic N) is 2. The van der Waals surface area contributed by atoms with Crippen molar-refractivity contribution in [1.29, 1.82) is 0 Å². The smallest absolute Gasteiger partial charge is 0.410 e. The molecule has 2 amide bonds. The van der Waals surface area contributed by atoms with Gasteiger partial charge in [-0.25, -0.2) is 9.18 Å². The zero-order valence-electron chi connectivity index (χ0n) is 22.5. The number of hydrogen-bond donors (Lipinski definition) is 2. The zero-order chi connectivity index (χ0) is 27.7. The molecule has 0 atom stereocenters. The Kier molecular flexibility index (Phi) is 7.27. The van der Waals surface area contributed by atoms with E-state index in [-0.39, 0.29) is 18.0 Å². The summed E-state index contributed by atoms with van der Waals surface area (Å²) in [4.78, 5) is 31.5. The number of carbonyl (C=O) groups is 2. The van der Waals surface area contributed by atoms with E-state index in [1.54, 1.807) is 6.20 Å². The number of cyclic esters (lactones) is 1. The lowest BCUT2D eigenvalue weighted by Gasteiger charge is -2.41. The number of nitrogens with one attached hydrogen (secondary N) is 1. The summed E-state index contributed by atoms with van der Waals surface area (Å²) in [6.45, 7) is 1.14. The summed E-state index contributed by atoms with van der Waals surface area (Å²) in [7, 11) is 0. The highest BCUT2D eigenvalue weighted by molar-refractivity contribution is 5.93. The molecule has 1 saturated heterocycles. The van der Waals surface area contributed by atoms with Crippen LogP contribution in [0.4, 0.5) is 14.9 Å². The second-order valence-electron chi connectivity index (χ2n) is 11.5. The van der Waals surface area contributed by atoms with Gasteiger partial charge in [0.1, 0.15) is 12.8 Å². The SMILES string of the molecule is NC1(c2ccc(-c3ncc(NC(=O)C[C@H]4CC[C@H](N5CCOC5=O)CC4)cc3-c3ccccc3)cc2)CC(F)C1. The Balaban J connectivity index is 1.15. The number of alkyl halides is 1. The molecule has 2 aromatic carbocycles. The first-order chi connectivity index (χ1) is 19.4. The molecule has 0 spiro atoms. The first-order valence-corrected chi connectivity index (χ1v) is 14.2. The van der Waals surface area contributed by atoms with E-state index in [0.717, 1.165) is 53.6 Å². The number of amides is 2. The van der Waals surface area contributed by atoms with Crippen molar-refractivity contribution in [1.82, 2.24) is 9.88 Å². The van der Waals surface area contributed by atoms with Crippen LogP contribution in [-0.2, 0) is 15.1 Å². The second-order valence-corrected chi connectivity index (χ2v) is 11.5. The van der Waals surface area contributed by atoms with Crippen molar-refractivity contribution >= 4 is 17.7 Å². The van der Waals surface area contributed by atoms with Gasteiger partial charge in [-0.05, 0) is 48.8 Å². The molecule has 2 saturated carbocycles.